The number of nitrogens with zero attached hydrogens (tertiary/aromatic N) is 3. The number of carbonyl (C=O) groups is 1. The molecule has 21 heavy (non-hydrogen) atoms. The first-order chi connectivity index (χ1) is 9.83. The molecule has 2 aromatic heterocycles. The van der Waals surface area contributed by atoms with Gasteiger partial charge in [-0.15, -0.1) is 0 Å². The smallest absolute Gasteiger partial charge is 0.352 e. The highest BCUT2D eigenvalue weighted by molar-refractivity contribution is 7.92. The van der Waals surface area contributed by atoms with E-state index in [4.69, 9.17) is 5.11 Å². The third-order valence-corrected chi connectivity index (χ3v) is 3.90. The maximum Gasteiger partial charge on any atom is 0.352 e. The van der Waals surface area contributed by atoms with E-state index in [9.17, 15) is 13.2 Å². The van der Waals surface area contributed by atoms with Gasteiger partial charge >= 0.3 is 12.0 Å². The number of nitrogens with one attached hydrogen (secondary N) is 1. The summed E-state index contributed by atoms with van der Waals surface area (Å²) < 4.78 is 32.5. The van der Waals surface area contributed by atoms with Crippen molar-refractivity contribution in [3.8, 4) is 0 Å². The van der Waals surface area contributed by atoms with E-state index in [0.29, 0.717) is 13.0 Å². The van der Waals surface area contributed by atoms with Gasteiger partial charge in [0.2, 0.25) is 0 Å². The number of aromatic nitrogens is 3. The van der Waals surface area contributed by atoms with Crippen LogP contribution in [0, 0.1) is 6.92 Å². The maximum absolute atomic E-state index is 12.2. The lowest BCUT2D eigenvalue weighted by Gasteiger charge is -2.02. The Morgan fingerprint density at radius 1 is 1.52 bits per heavy atom. The van der Waals surface area contributed by atoms with Crippen LogP contribution in [0.1, 0.15) is 29.7 Å². The molecule has 0 bridgehead atoms. The summed E-state index contributed by atoms with van der Waals surface area (Å²) in [6.45, 7) is 3.80. The second kappa shape index (κ2) is 5.56. The van der Waals surface area contributed by atoms with Gasteiger partial charge in [0.15, 0.2) is 5.82 Å². The van der Waals surface area contributed by atoms with Crippen LogP contribution in [0.25, 0.3) is 0 Å². The summed E-state index contributed by atoms with van der Waals surface area (Å²) in [5.41, 5.74) is -0.0982. The van der Waals surface area contributed by atoms with Crippen LogP contribution < -0.4 is 4.72 Å². The molecule has 9 nitrogen and oxygen atoms in total. The number of hydrogen-bond donors (Lipinski definition) is 2. The van der Waals surface area contributed by atoms with Crippen molar-refractivity contribution < 1.29 is 22.8 Å². The number of anilines is 1. The largest absolute Gasteiger partial charge is 0.477 e. The number of aryl methyl sites for hydroxylation is 2. The highest BCUT2D eigenvalue weighted by atomic mass is 32.2. The van der Waals surface area contributed by atoms with Gasteiger partial charge in [-0.25, -0.2) is 17.9 Å². The normalized spacial score (nSPS) is 11.5. The monoisotopic (exact) mass is 314 g/mol. The number of sulfonamides is 1. The molecular formula is C11H14N4O5S. The average Bonchev–Trinajstić information content (AvgIpc) is 2.96. The predicted octanol–water partition coefficient (Wildman–Crippen LogP) is 1.09. The van der Waals surface area contributed by atoms with Gasteiger partial charge in [0, 0.05) is 12.7 Å². The van der Waals surface area contributed by atoms with E-state index in [1.54, 1.807) is 6.92 Å². The lowest BCUT2D eigenvalue weighted by molar-refractivity contribution is 0.0685. The molecule has 2 N–H and O–H groups in total. The Morgan fingerprint density at radius 3 is 2.76 bits per heavy atom. The third-order valence-electron chi connectivity index (χ3n) is 2.61. The number of rotatable bonds is 6. The van der Waals surface area contributed by atoms with Crippen molar-refractivity contribution in [2.75, 3.05) is 4.72 Å². The minimum atomic E-state index is -3.98. The summed E-state index contributed by atoms with van der Waals surface area (Å²) in [4.78, 5) is 14.7. The fourth-order valence-electron chi connectivity index (χ4n) is 1.75. The molecule has 0 saturated carbocycles. The molecule has 0 aliphatic rings. The van der Waals surface area contributed by atoms with E-state index in [1.807, 2.05) is 6.92 Å². The van der Waals surface area contributed by atoms with E-state index in [2.05, 4.69) is 19.4 Å². The average molecular weight is 314 g/mol. The van der Waals surface area contributed by atoms with E-state index < -0.39 is 16.0 Å². The van der Waals surface area contributed by atoms with Gasteiger partial charge in [0.05, 0.1) is 0 Å². The van der Waals surface area contributed by atoms with Gasteiger partial charge in [0.25, 0.3) is 10.0 Å². The van der Waals surface area contributed by atoms with Crippen molar-refractivity contribution in [3.63, 3.8) is 0 Å². The van der Waals surface area contributed by atoms with Gasteiger partial charge in [-0.3, -0.25) is 0 Å². The molecule has 0 aliphatic heterocycles. The second-order valence-electron chi connectivity index (χ2n) is 4.31. The number of carboxylic acid groups (broad SMARTS) is 1. The number of aromatic carboxylic acids is 1. The molecule has 10 heteroatoms. The zero-order valence-corrected chi connectivity index (χ0v) is 12.2. The first-order valence-electron chi connectivity index (χ1n) is 6.10. The quantitative estimate of drug-likeness (QED) is 0.816. The predicted molar refractivity (Wildman–Crippen MR) is 71.5 cm³/mol. The SMILES string of the molecule is CCCn1cc(S(=O)(=O)Nc2nc(C)no2)cc1C(=O)O. The first-order valence-corrected chi connectivity index (χ1v) is 7.58. The molecule has 0 aliphatic carbocycles. The maximum atomic E-state index is 12.2. The molecule has 0 aromatic carbocycles. The summed E-state index contributed by atoms with van der Waals surface area (Å²) in [7, 11) is -3.98. The second-order valence-corrected chi connectivity index (χ2v) is 5.99. The fraction of sp³-hybridized carbons (Fsp3) is 0.364. The summed E-state index contributed by atoms with van der Waals surface area (Å²) >= 11 is 0. The molecule has 2 aromatic rings. The molecule has 2 rings (SSSR count). The lowest BCUT2D eigenvalue weighted by atomic mass is 10.4. The minimum Gasteiger partial charge on any atom is -0.477 e. The van der Waals surface area contributed by atoms with Gasteiger partial charge < -0.3 is 14.2 Å². The van der Waals surface area contributed by atoms with Crippen molar-refractivity contribution in [2.24, 2.45) is 0 Å². The highest BCUT2D eigenvalue weighted by Crippen LogP contribution is 2.18. The van der Waals surface area contributed by atoms with Gasteiger partial charge in [-0.05, 0) is 19.4 Å². The van der Waals surface area contributed by atoms with Gasteiger partial charge in [0.1, 0.15) is 10.6 Å². The highest BCUT2D eigenvalue weighted by Gasteiger charge is 2.23. The Balaban J connectivity index is 2.35. The molecule has 2 heterocycles. The van der Waals surface area contributed by atoms with Gasteiger partial charge in [-0.1, -0.05) is 12.1 Å². The van der Waals surface area contributed by atoms with E-state index in [-0.39, 0.29) is 22.4 Å². The Labute approximate surface area is 120 Å². The van der Waals surface area contributed by atoms with Crippen molar-refractivity contribution >= 4 is 22.0 Å². The lowest BCUT2D eigenvalue weighted by Crippen LogP contribution is -2.12. The zero-order chi connectivity index (χ0) is 15.6. The third kappa shape index (κ3) is 3.21. The van der Waals surface area contributed by atoms with Crippen molar-refractivity contribution in [1.82, 2.24) is 14.7 Å². The molecule has 0 unspecified atom stereocenters. The van der Waals surface area contributed by atoms with Crippen LogP contribution in [-0.2, 0) is 16.6 Å². The summed E-state index contributed by atoms with van der Waals surface area (Å²) in [6.07, 6.45) is 1.93. The molecule has 0 amide bonds. The van der Waals surface area contributed by atoms with Crippen molar-refractivity contribution in [3.05, 3.63) is 23.8 Å². The van der Waals surface area contributed by atoms with Crippen molar-refractivity contribution in [2.45, 2.75) is 31.7 Å². The summed E-state index contributed by atoms with van der Waals surface area (Å²) in [5.74, 6) is -0.916. The molecular weight excluding hydrogens is 300 g/mol. The van der Waals surface area contributed by atoms with Crippen LogP contribution >= 0.6 is 0 Å². The van der Waals surface area contributed by atoms with E-state index in [1.165, 1.54) is 10.8 Å². The molecule has 114 valence electrons. The van der Waals surface area contributed by atoms with Crippen LogP contribution in [0.15, 0.2) is 21.7 Å². The van der Waals surface area contributed by atoms with Crippen LogP contribution in [0.4, 0.5) is 6.01 Å². The summed E-state index contributed by atoms with van der Waals surface area (Å²) in [6, 6.07) is 0.816. The molecule has 0 saturated heterocycles. The number of carboxylic acids is 1. The zero-order valence-electron chi connectivity index (χ0n) is 11.4. The van der Waals surface area contributed by atoms with Crippen LogP contribution in [0.3, 0.4) is 0 Å². The topological polar surface area (TPSA) is 127 Å². The molecule has 0 radical (unpaired) electrons. The van der Waals surface area contributed by atoms with Crippen molar-refractivity contribution in [1.29, 1.82) is 0 Å². The summed E-state index contributed by atoms with van der Waals surface area (Å²) in [5, 5.41) is 12.5. The fourth-order valence-corrected chi connectivity index (χ4v) is 2.71. The van der Waals surface area contributed by atoms with Crippen LogP contribution in [0.2, 0.25) is 0 Å². The molecule has 0 spiro atoms. The Bertz CT molecular complexity index is 761. The standard InChI is InChI=1S/C11H14N4O5S/c1-3-4-15-6-8(5-9(15)10(16)17)21(18,19)14-11-12-7(2)13-20-11/h5-6H,3-4H2,1-2H3,(H,16,17)(H,12,13,14). The van der Waals surface area contributed by atoms with Gasteiger partial charge in [-0.2, -0.15) is 4.98 Å². The van der Waals surface area contributed by atoms with Crippen LogP contribution in [0.5, 0.6) is 0 Å². The molecule has 0 fully saturated rings. The van der Waals surface area contributed by atoms with E-state index in [0.717, 1.165) is 6.07 Å². The van der Waals surface area contributed by atoms with Crippen LogP contribution in [-0.4, -0.2) is 34.2 Å². The Morgan fingerprint density at radius 2 is 2.24 bits per heavy atom. The molecule has 0 atom stereocenters. The van der Waals surface area contributed by atoms with E-state index >= 15 is 0 Å². The Hall–Kier alpha value is -2.36. The Kier molecular flexibility index (Phi) is 3.98. The minimum absolute atomic E-state index is 0.0982. The first kappa shape index (κ1) is 15.0. The number of hydrogen-bond acceptors (Lipinski definition) is 6.